The quantitative estimate of drug-likeness (QED) is 0.610. The van der Waals surface area contributed by atoms with E-state index in [1.54, 1.807) is 13.1 Å². The number of para-hydroxylation sites is 1. The maximum absolute atomic E-state index is 12.4. The number of pyridine rings is 1. The first-order valence-electron chi connectivity index (χ1n) is 7.64. The van der Waals surface area contributed by atoms with E-state index < -0.39 is 0 Å². The molecule has 25 heavy (non-hydrogen) atoms. The van der Waals surface area contributed by atoms with Crippen LogP contribution in [0.4, 0.5) is 5.82 Å². The molecule has 0 saturated carbocycles. The molecule has 1 aromatic carbocycles. The van der Waals surface area contributed by atoms with E-state index in [4.69, 9.17) is 0 Å². The van der Waals surface area contributed by atoms with E-state index in [1.807, 2.05) is 30.3 Å². The fourth-order valence-electron chi connectivity index (χ4n) is 2.65. The Morgan fingerprint density at radius 3 is 2.92 bits per heavy atom. The van der Waals surface area contributed by atoms with E-state index in [0.717, 1.165) is 10.9 Å². The first kappa shape index (κ1) is 15.0. The number of nitrogens with zero attached hydrogens (tertiary/aromatic N) is 5. The number of benzene rings is 1. The highest BCUT2D eigenvalue weighted by Crippen LogP contribution is 2.14. The van der Waals surface area contributed by atoms with Crippen LogP contribution in [-0.4, -0.2) is 30.2 Å². The standard InChI is InChI=1S/C17H14N6O2/c1-22-16-12(8-19-22)17(25)23(10-18-16)9-15(24)21-14-7-6-11-4-2-3-5-13(11)20-14/h2-8,10H,9H2,1H3,(H,20,21,24). The summed E-state index contributed by atoms with van der Waals surface area (Å²) in [4.78, 5) is 33.2. The summed E-state index contributed by atoms with van der Waals surface area (Å²) in [5, 5.41) is 8.07. The van der Waals surface area contributed by atoms with Crippen molar-refractivity contribution in [3.05, 3.63) is 59.3 Å². The zero-order chi connectivity index (χ0) is 17.4. The van der Waals surface area contributed by atoms with Gasteiger partial charge in [0.2, 0.25) is 5.91 Å². The van der Waals surface area contributed by atoms with Gasteiger partial charge in [0.25, 0.3) is 5.56 Å². The number of nitrogens with one attached hydrogen (secondary N) is 1. The number of fused-ring (bicyclic) bond motifs is 2. The number of carbonyl (C=O) groups is 1. The summed E-state index contributed by atoms with van der Waals surface area (Å²) in [5.41, 5.74) is 0.966. The van der Waals surface area contributed by atoms with E-state index in [2.05, 4.69) is 20.4 Å². The fraction of sp³-hybridized carbons (Fsp3) is 0.118. The maximum Gasteiger partial charge on any atom is 0.264 e. The molecule has 0 bridgehead atoms. The van der Waals surface area contributed by atoms with Crippen molar-refractivity contribution in [2.75, 3.05) is 5.32 Å². The molecule has 0 radical (unpaired) electrons. The van der Waals surface area contributed by atoms with Crippen molar-refractivity contribution >= 4 is 33.7 Å². The van der Waals surface area contributed by atoms with Gasteiger partial charge >= 0.3 is 0 Å². The Kier molecular flexibility index (Phi) is 3.50. The Hall–Kier alpha value is -3.55. The molecule has 124 valence electrons. The second-order valence-corrected chi connectivity index (χ2v) is 5.62. The minimum atomic E-state index is -0.352. The third kappa shape index (κ3) is 2.74. The van der Waals surface area contributed by atoms with Crippen LogP contribution in [0.25, 0.3) is 21.9 Å². The monoisotopic (exact) mass is 334 g/mol. The molecule has 0 atom stereocenters. The number of anilines is 1. The summed E-state index contributed by atoms with van der Waals surface area (Å²) in [7, 11) is 1.71. The van der Waals surface area contributed by atoms with Gasteiger partial charge in [-0.3, -0.25) is 18.8 Å². The van der Waals surface area contributed by atoms with Gasteiger partial charge in [0, 0.05) is 12.4 Å². The van der Waals surface area contributed by atoms with Crippen LogP contribution in [0, 0.1) is 0 Å². The molecule has 0 fully saturated rings. The number of hydrogen-bond donors (Lipinski definition) is 1. The molecule has 1 N–H and O–H groups in total. The molecule has 8 nitrogen and oxygen atoms in total. The van der Waals surface area contributed by atoms with Crippen molar-refractivity contribution < 1.29 is 4.79 Å². The zero-order valence-corrected chi connectivity index (χ0v) is 13.4. The van der Waals surface area contributed by atoms with Crippen LogP contribution >= 0.6 is 0 Å². The maximum atomic E-state index is 12.4. The molecule has 8 heteroatoms. The first-order valence-corrected chi connectivity index (χ1v) is 7.64. The third-order valence-electron chi connectivity index (χ3n) is 3.90. The minimum Gasteiger partial charge on any atom is -0.309 e. The predicted octanol–water partition coefficient (Wildman–Crippen LogP) is 1.32. The largest absolute Gasteiger partial charge is 0.309 e. The fourth-order valence-corrected chi connectivity index (χ4v) is 2.65. The topological polar surface area (TPSA) is 94.7 Å². The molecule has 0 aliphatic carbocycles. The average molecular weight is 334 g/mol. The molecular formula is C17H14N6O2. The van der Waals surface area contributed by atoms with Crippen LogP contribution in [0.15, 0.2) is 53.7 Å². The molecule has 0 saturated heterocycles. The van der Waals surface area contributed by atoms with Crippen molar-refractivity contribution in [3.8, 4) is 0 Å². The minimum absolute atomic E-state index is 0.148. The Morgan fingerprint density at radius 1 is 1.20 bits per heavy atom. The Bertz CT molecular complexity index is 1160. The van der Waals surface area contributed by atoms with Gasteiger partial charge in [-0.15, -0.1) is 0 Å². The SMILES string of the molecule is Cn1ncc2c(=O)n(CC(=O)Nc3ccc4ccccc4n3)cnc21. The normalized spacial score (nSPS) is 11.1. The number of rotatable bonds is 3. The Balaban J connectivity index is 1.57. The molecule has 0 unspecified atom stereocenters. The number of aromatic nitrogens is 5. The predicted molar refractivity (Wildman–Crippen MR) is 93.1 cm³/mol. The smallest absolute Gasteiger partial charge is 0.264 e. The highest BCUT2D eigenvalue weighted by Gasteiger charge is 2.11. The number of amides is 1. The second kappa shape index (κ2) is 5.82. The van der Waals surface area contributed by atoms with Crippen molar-refractivity contribution in [1.82, 2.24) is 24.3 Å². The van der Waals surface area contributed by atoms with Crippen LogP contribution in [-0.2, 0) is 18.4 Å². The lowest BCUT2D eigenvalue weighted by Gasteiger charge is -2.07. The van der Waals surface area contributed by atoms with Gasteiger partial charge in [-0.25, -0.2) is 9.97 Å². The van der Waals surface area contributed by atoms with Crippen molar-refractivity contribution in [2.45, 2.75) is 6.54 Å². The van der Waals surface area contributed by atoms with E-state index in [0.29, 0.717) is 16.9 Å². The van der Waals surface area contributed by atoms with Gasteiger partial charge in [-0.2, -0.15) is 5.10 Å². The summed E-state index contributed by atoms with van der Waals surface area (Å²) >= 11 is 0. The molecular weight excluding hydrogens is 320 g/mol. The molecule has 0 aliphatic heterocycles. The highest BCUT2D eigenvalue weighted by atomic mass is 16.2. The van der Waals surface area contributed by atoms with Gasteiger partial charge in [0.15, 0.2) is 5.65 Å². The van der Waals surface area contributed by atoms with E-state index in [-0.39, 0.29) is 18.0 Å². The van der Waals surface area contributed by atoms with E-state index in [9.17, 15) is 9.59 Å². The molecule has 3 aromatic heterocycles. The van der Waals surface area contributed by atoms with Gasteiger partial charge < -0.3 is 5.32 Å². The molecule has 4 rings (SSSR count). The van der Waals surface area contributed by atoms with Gasteiger partial charge in [-0.1, -0.05) is 18.2 Å². The lowest BCUT2D eigenvalue weighted by molar-refractivity contribution is -0.116. The summed E-state index contributed by atoms with van der Waals surface area (Å²) in [6.07, 6.45) is 2.80. The van der Waals surface area contributed by atoms with Gasteiger partial charge in [0.1, 0.15) is 24.1 Å². The van der Waals surface area contributed by atoms with Crippen molar-refractivity contribution in [2.24, 2.45) is 7.05 Å². The van der Waals surface area contributed by atoms with E-state index in [1.165, 1.54) is 21.8 Å². The Morgan fingerprint density at radius 2 is 2.04 bits per heavy atom. The van der Waals surface area contributed by atoms with Crippen molar-refractivity contribution in [1.29, 1.82) is 0 Å². The van der Waals surface area contributed by atoms with Crippen LogP contribution < -0.4 is 10.9 Å². The zero-order valence-electron chi connectivity index (χ0n) is 13.4. The van der Waals surface area contributed by atoms with Crippen LogP contribution in [0.3, 0.4) is 0 Å². The van der Waals surface area contributed by atoms with Crippen LogP contribution in [0.5, 0.6) is 0 Å². The molecule has 4 aromatic rings. The number of hydrogen-bond acceptors (Lipinski definition) is 5. The summed E-state index contributed by atoms with van der Waals surface area (Å²) in [6.45, 7) is -0.148. The summed E-state index contributed by atoms with van der Waals surface area (Å²) in [6, 6.07) is 11.2. The second-order valence-electron chi connectivity index (χ2n) is 5.62. The average Bonchev–Trinajstić information content (AvgIpc) is 2.99. The number of aryl methyl sites for hydroxylation is 1. The van der Waals surface area contributed by atoms with Gasteiger partial charge in [0.05, 0.1) is 11.7 Å². The summed E-state index contributed by atoms with van der Waals surface area (Å²) in [5.74, 6) is 0.0853. The Labute approximate surface area is 141 Å². The summed E-state index contributed by atoms with van der Waals surface area (Å²) < 4.78 is 2.76. The molecule has 3 heterocycles. The number of carbonyl (C=O) groups excluding carboxylic acids is 1. The lowest BCUT2D eigenvalue weighted by atomic mass is 10.2. The van der Waals surface area contributed by atoms with Gasteiger partial charge in [-0.05, 0) is 18.2 Å². The third-order valence-corrected chi connectivity index (χ3v) is 3.90. The van der Waals surface area contributed by atoms with Crippen LogP contribution in [0.1, 0.15) is 0 Å². The lowest BCUT2D eigenvalue weighted by Crippen LogP contribution is -2.28. The highest BCUT2D eigenvalue weighted by molar-refractivity contribution is 5.91. The molecule has 1 amide bonds. The first-order chi connectivity index (χ1) is 12.1. The molecule has 0 aliphatic rings. The van der Waals surface area contributed by atoms with Crippen LogP contribution in [0.2, 0.25) is 0 Å². The van der Waals surface area contributed by atoms with E-state index >= 15 is 0 Å². The molecule has 0 spiro atoms. The van der Waals surface area contributed by atoms with Crippen molar-refractivity contribution in [3.63, 3.8) is 0 Å².